The Labute approximate surface area is 174 Å². The predicted molar refractivity (Wildman–Crippen MR) is 117 cm³/mol. The maximum absolute atomic E-state index is 11.9. The summed E-state index contributed by atoms with van der Waals surface area (Å²) in [6.45, 7) is 3.18. The first-order valence-corrected chi connectivity index (χ1v) is 10.5. The smallest absolute Gasteiger partial charge is 0.341 e. The summed E-state index contributed by atoms with van der Waals surface area (Å²) in [6, 6.07) is 7.37. The summed E-state index contributed by atoms with van der Waals surface area (Å²) in [7, 11) is 2.87. The Morgan fingerprint density at radius 2 is 1.97 bits per heavy atom. The fourth-order valence-electron chi connectivity index (χ4n) is 2.92. The van der Waals surface area contributed by atoms with E-state index >= 15 is 0 Å². The summed E-state index contributed by atoms with van der Waals surface area (Å²) in [5.41, 5.74) is 3.82. The quantitative estimate of drug-likeness (QED) is 0.382. The average molecular weight is 412 g/mol. The Bertz CT molecular complexity index is 971. The minimum Gasteiger partial charge on any atom is -0.496 e. The zero-order chi connectivity index (χ0) is 20.6. The number of methoxy groups -OCH3 is 2. The fourth-order valence-corrected chi connectivity index (χ4v) is 3.74. The third kappa shape index (κ3) is 5.12. The van der Waals surface area contributed by atoms with E-state index in [1.54, 1.807) is 35.9 Å². The van der Waals surface area contributed by atoms with Crippen LogP contribution in [0.5, 0.6) is 5.75 Å². The van der Waals surface area contributed by atoms with E-state index in [9.17, 15) is 4.79 Å². The number of esters is 1. The molecular formula is C22H25N3O3S. The maximum Gasteiger partial charge on any atom is 0.341 e. The maximum atomic E-state index is 11.9. The predicted octanol–water partition coefficient (Wildman–Crippen LogP) is 5.27. The highest BCUT2D eigenvalue weighted by molar-refractivity contribution is 7.14. The molecule has 3 rings (SSSR count). The van der Waals surface area contributed by atoms with Crippen molar-refractivity contribution in [3.63, 3.8) is 0 Å². The lowest BCUT2D eigenvalue weighted by atomic mass is 10.1. The third-order valence-electron chi connectivity index (χ3n) is 4.50. The third-order valence-corrected chi connectivity index (χ3v) is 5.45. The molecule has 0 aliphatic rings. The van der Waals surface area contributed by atoms with Gasteiger partial charge in [-0.3, -0.25) is 4.98 Å². The van der Waals surface area contributed by atoms with Crippen LogP contribution in [-0.4, -0.2) is 36.7 Å². The molecule has 29 heavy (non-hydrogen) atoms. The van der Waals surface area contributed by atoms with Gasteiger partial charge in [-0.1, -0.05) is 25.8 Å². The second kappa shape index (κ2) is 10.0. The zero-order valence-corrected chi connectivity index (χ0v) is 17.7. The lowest BCUT2D eigenvalue weighted by molar-refractivity contribution is 0.0597. The van der Waals surface area contributed by atoms with Crippen LogP contribution in [0.1, 0.15) is 36.5 Å². The van der Waals surface area contributed by atoms with Gasteiger partial charge in [-0.05, 0) is 24.6 Å². The molecule has 6 nitrogen and oxygen atoms in total. The van der Waals surface area contributed by atoms with Crippen molar-refractivity contribution in [1.82, 2.24) is 9.97 Å². The van der Waals surface area contributed by atoms with E-state index in [1.807, 2.05) is 6.07 Å². The largest absolute Gasteiger partial charge is 0.496 e. The van der Waals surface area contributed by atoms with Crippen molar-refractivity contribution >= 4 is 23.0 Å². The first-order chi connectivity index (χ1) is 14.2. The van der Waals surface area contributed by atoms with Crippen LogP contribution in [0.15, 0.2) is 42.0 Å². The molecule has 2 heterocycles. The molecular weight excluding hydrogens is 386 g/mol. The summed E-state index contributed by atoms with van der Waals surface area (Å²) in [4.78, 5) is 22.0. The van der Waals surface area contributed by atoms with Gasteiger partial charge in [0.15, 0.2) is 0 Å². The number of aromatic nitrogens is 2. The van der Waals surface area contributed by atoms with E-state index in [-0.39, 0.29) is 0 Å². The molecule has 0 spiro atoms. The van der Waals surface area contributed by atoms with Crippen LogP contribution in [0.3, 0.4) is 0 Å². The molecule has 2 aromatic heterocycles. The lowest BCUT2D eigenvalue weighted by Gasteiger charge is -2.09. The number of carbonyl (C=O) groups excluding carboxylic acids is 1. The molecule has 1 aromatic carbocycles. The molecule has 1 N–H and O–H groups in total. The average Bonchev–Trinajstić information content (AvgIpc) is 3.25. The molecule has 0 aliphatic heterocycles. The topological polar surface area (TPSA) is 73.3 Å². The van der Waals surface area contributed by atoms with E-state index in [4.69, 9.17) is 14.5 Å². The van der Waals surface area contributed by atoms with Crippen molar-refractivity contribution in [2.75, 3.05) is 26.1 Å². The number of ether oxygens (including phenoxy) is 2. The number of hydrogen-bond acceptors (Lipinski definition) is 7. The summed E-state index contributed by atoms with van der Waals surface area (Å²) in [5.74, 6) is 0.00188. The molecule has 0 saturated heterocycles. The van der Waals surface area contributed by atoms with Gasteiger partial charge in [-0.2, -0.15) is 0 Å². The highest BCUT2D eigenvalue weighted by Gasteiger charge is 2.15. The summed E-state index contributed by atoms with van der Waals surface area (Å²) in [5, 5.41) is 5.56. The Kier molecular flexibility index (Phi) is 7.19. The number of nitrogens with one attached hydrogen (secondary N) is 1. The van der Waals surface area contributed by atoms with Crippen molar-refractivity contribution in [2.45, 2.75) is 26.2 Å². The number of rotatable bonds is 9. The number of carbonyl (C=O) groups is 1. The molecule has 3 aromatic rings. The van der Waals surface area contributed by atoms with Gasteiger partial charge < -0.3 is 14.8 Å². The number of hydrogen-bond donors (Lipinski definition) is 1. The molecule has 0 unspecified atom stereocenters. The minimum absolute atomic E-state index is 0.375. The van der Waals surface area contributed by atoms with E-state index in [0.29, 0.717) is 17.0 Å². The van der Waals surface area contributed by atoms with Gasteiger partial charge in [0.2, 0.25) is 0 Å². The van der Waals surface area contributed by atoms with E-state index in [2.05, 4.69) is 28.7 Å². The van der Waals surface area contributed by atoms with Crippen LogP contribution in [0.4, 0.5) is 5.69 Å². The highest BCUT2D eigenvalue weighted by atomic mass is 32.1. The second-order valence-electron chi connectivity index (χ2n) is 6.53. The van der Waals surface area contributed by atoms with Crippen LogP contribution in [0.2, 0.25) is 0 Å². The highest BCUT2D eigenvalue weighted by Crippen LogP contribution is 2.31. The summed E-state index contributed by atoms with van der Waals surface area (Å²) < 4.78 is 10.1. The van der Waals surface area contributed by atoms with E-state index in [1.165, 1.54) is 33.5 Å². The molecule has 7 heteroatoms. The number of unbranched alkanes of at least 4 members (excludes halogenated alkanes) is 2. The van der Waals surface area contributed by atoms with Gasteiger partial charge in [0.05, 0.1) is 42.9 Å². The molecule has 0 saturated carbocycles. The number of anilines is 1. The first kappa shape index (κ1) is 20.8. The lowest BCUT2D eigenvalue weighted by Crippen LogP contribution is -2.04. The first-order valence-electron chi connectivity index (χ1n) is 9.57. The molecule has 0 aliphatic carbocycles. The monoisotopic (exact) mass is 411 g/mol. The van der Waals surface area contributed by atoms with Crippen LogP contribution < -0.4 is 10.1 Å². The van der Waals surface area contributed by atoms with Gasteiger partial charge in [0, 0.05) is 23.2 Å². The van der Waals surface area contributed by atoms with Crippen LogP contribution in [0, 0.1) is 0 Å². The van der Waals surface area contributed by atoms with Gasteiger partial charge >= 0.3 is 5.97 Å². The van der Waals surface area contributed by atoms with Gasteiger partial charge in [0.1, 0.15) is 11.3 Å². The van der Waals surface area contributed by atoms with Crippen molar-refractivity contribution in [3.8, 4) is 27.6 Å². The molecule has 0 atom stereocenters. The number of nitrogens with zero attached hydrogens (tertiary/aromatic N) is 2. The van der Waals surface area contributed by atoms with Crippen LogP contribution >= 0.6 is 11.3 Å². The number of thiophene rings is 1. The minimum atomic E-state index is -0.439. The van der Waals surface area contributed by atoms with Crippen LogP contribution in [-0.2, 0) is 4.74 Å². The van der Waals surface area contributed by atoms with Crippen molar-refractivity contribution < 1.29 is 14.3 Å². The van der Waals surface area contributed by atoms with Gasteiger partial charge in [-0.25, -0.2) is 9.78 Å². The van der Waals surface area contributed by atoms with Crippen molar-refractivity contribution in [1.29, 1.82) is 0 Å². The normalized spacial score (nSPS) is 10.6. The molecule has 152 valence electrons. The Morgan fingerprint density at radius 3 is 2.72 bits per heavy atom. The molecule has 0 bridgehead atoms. The van der Waals surface area contributed by atoms with E-state index < -0.39 is 5.97 Å². The summed E-state index contributed by atoms with van der Waals surface area (Å²) in [6.07, 6.45) is 7.07. The SMILES string of the molecule is CCCCCNc1csc(-c2cncc(-c3ccc(C(=O)OC)c(OC)c3)n2)c1. The molecule has 0 radical (unpaired) electrons. The molecule has 0 fully saturated rings. The van der Waals surface area contributed by atoms with Crippen LogP contribution in [0.25, 0.3) is 21.8 Å². The standard InChI is InChI=1S/C22H25N3O3S/c1-4-5-6-9-24-16-11-21(29-14-16)19-13-23-12-18(25-19)15-7-8-17(22(26)28-3)20(10-15)27-2/h7-8,10-14,24H,4-6,9H2,1-3H3. The van der Waals surface area contributed by atoms with Gasteiger partial charge in [0.25, 0.3) is 0 Å². The summed E-state index contributed by atoms with van der Waals surface area (Å²) >= 11 is 1.64. The second-order valence-corrected chi connectivity index (χ2v) is 7.44. The van der Waals surface area contributed by atoms with Crippen molar-refractivity contribution in [3.05, 3.63) is 47.6 Å². The van der Waals surface area contributed by atoms with E-state index in [0.717, 1.165) is 28.4 Å². The molecule has 0 amide bonds. The Morgan fingerprint density at radius 1 is 1.14 bits per heavy atom. The zero-order valence-electron chi connectivity index (χ0n) is 16.9. The van der Waals surface area contributed by atoms with Crippen molar-refractivity contribution in [2.24, 2.45) is 0 Å². The fraction of sp³-hybridized carbons (Fsp3) is 0.318. The Hall–Kier alpha value is -2.93. The van der Waals surface area contributed by atoms with Gasteiger partial charge in [-0.15, -0.1) is 11.3 Å². The Balaban J connectivity index is 1.81. The number of benzene rings is 1.